The quantitative estimate of drug-likeness (QED) is 0.349. The Morgan fingerprint density at radius 1 is 1.36 bits per heavy atom. The van der Waals surface area contributed by atoms with Crippen molar-refractivity contribution in [2.75, 3.05) is 19.6 Å². The molecule has 2 heterocycles. The van der Waals surface area contributed by atoms with E-state index in [-0.39, 0.29) is 24.0 Å². The number of hydrogen-bond acceptors (Lipinski definition) is 4. The summed E-state index contributed by atoms with van der Waals surface area (Å²) in [6.45, 7) is 11.8. The topological polar surface area (TPSA) is 67.1 Å². The van der Waals surface area contributed by atoms with Gasteiger partial charge in [0, 0.05) is 49.9 Å². The van der Waals surface area contributed by atoms with E-state index in [0.29, 0.717) is 5.92 Å². The average molecular weight is 476 g/mol. The maximum atomic E-state index is 4.68. The first kappa shape index (κ1) is 21.9. The molecule has 6 nitrogen and oxygen atoms in total. The number of nitrogens with one attached hydrogen (secondary N) is 2. The molecule has 0 aromatic carbocycles. The summed E-state index contributed by atoms with van der Waals surface area (Å²) in [7, 11) is 0. The van der Waals surface area contributed by atoms with Crippen molar-refractivity contribution in [3.8, 4) is 0 Å². The Kier molecular flexibility index (Phi) is 10.0. The Morgan fingerprint density at radius 2 is 2.16 bits per heavy atom. The van der Waals surface area contributed by atoms with Crippen LogP contribution in [0.4, 0.5) is 0 Å². The van der Waals surface area contributed by atoms with Gasteiger partial charge in [-0.3, -0.25) is 9.67 Å². The highest BCUT2D eigenvalue weighted by molar-refractivity contribution is 14.0. The third-order valence-electron chi connectivity index (χ3n) is 3.67. The van der Waals surface area contributed by atoms with Crippen molar-refractivity contribution in [2.45, 2.75) is 40.7 Å². The smallest absolute Gasteiger partial charge is 0.191 e. The molecule has 0 aliphatic heterocycles. The van der Waals surface area contributed by atoms with E-state index in [1.54, 1.807) is 11.3 Å². The number of halogens is 1. The van der Waals surface area contributed by atoms with Crippen LogP contribution in [0.25, 0.3) is 0 Å². The van der Waals surface area contributed by atoms with Crippen LogP contribution in [0.1, 0.15) is 29.4 Å². The molecule has 0 aliphatic rings. The molecule has 0 saturated heterocycles. The molecule has 25 heavy (non-hydrogen) atoms. The number of aromatic nitrogens is 3. The molecule has 1 atom stereocenters. The molecule has 1 unspecified atom stereocenters. The summed E-state index contributed by atoms with van der Waals surface area (Å²) in [5.41, 5.74) is 1.14. The van der Waals surface area contributed by atoms with Crippen LogP contribution in [0.2, 0.25) is 0 Å². The molecule has 0 bridgehead atoms. The lowest BCUT2D eigenvalue weighted by atomic mass is 10.2. The van der Waals surface area contributed by atoms with Crippen LogP contribution in [0.15, 0.2) is 23.5 Å². The van der Waals surface area contributed by atoms with Crippen LogP contribution in [0.5, 0.6) is 0 Å². The van der Waals surface area contributed by atoms with Crippen LogP contribution in [-0.2, 0) is 13.0 Å². The first-order valence-electron chi connectivity index (χ1n) is 8.51. The van der Waals surface area contributed by atoms with Crippen molar-refractivity contribution in [1.82, 2.24) is 25.4 Å². The Balaban J connectivity index is 0.00000312. The number of rotatable bonds is 8. The summed E-state index contributed by atoms with van der Waals surface area (Å²) in [6, 6.07) is 1.95. The first-order chi connectivity index (χ1) is 11.6. The molecule has 2 N–H and O–H groups in total. The van der Waals surface area contributed by atoms with E-state index in [4.69, 9.17) is 0 Å². The predicted octanol–water partition coefficient (Wildman–Crippen LogP) is 3.01. The number of guanidine groups is 1. The summed E-state index contributed by atoms with van der Waals surface area (Å²) in [5.74, 6) is 1.31. The second-order valence-corrected chi connectivity index (χ2v) is 7.27. The minimum atomic E-state index is 0. The van der Waals surface area contributed by atoms with Gasteiger partial charge in [0.25, 0.3) is 0 Å². The second kappa shape index (κ2) is 11.5. The van der Waals surface area contributed by atoms with Gasteiger partial charge in [-0.05, 0) is 32.8 Å². The highest BCUT2D eigenvalue weighted by atomic mass is 127. The van der Waals surface area contributed by atoms with E-state index in [0.717, 1.165) is 44.3 Å². The molecule has 140 valence electrons. The van der Waals surface area contributed by atoms with Crippen LogP contribution in [-0.4, -0.2) is 40.4 Å². The fourth-order valence-electron chi connectivity index (χ4n) is 2.31. The second-order valence-electron chi connectivity index (χ2n) is 5.98. The highest BCUT2D eigenvalue weighted by Crippen LogP contribution is 2.16. The van der Waals surface area contributed by atoms with Crippen molar-refractivity contribution in [3.05, 3.63) is 34.0 Å². The molecule has 2 aromatic heterocycles. The summed E-state index contributed by atoms with van der Waals surface area (Å²) in [4.78, 5) is 10.6. The normalized spacial score (nSPS) is 12.6. The van der Waals surface area contributed by atoms with Gasteiger partial charge in [-0.15, -0.1) is 35.3 Å². The zero-order chi connectivity index (χ0) is 17.4. The average Bonchev–Trinajstić information content (AvgIpc) is 3.15. The molecule has 0 fully saturated rings. The lowest BCUT2D eigenvalue weighted by Crippen LogP contribution is -2.38. The van der Waals surface area contributed by atoms with Gasteiger partial charge in [0.2, 0.25) is 0 Å². The Hall–Kier alpha value is -1.16. The summed E-state index contributed by atoms with van der Waals surface area (Å²) >= 11 is 1.78. The van der Waals surface area contributed by atoms with E-state index >= 15 is 0 Å². The molecule has 2 rings (SSSR count). The van der Waals surface area contributed by atoms with Gasteiger partial charge < -0.3 is 10.6 Å². The molecule has 0 radical (unpaired) electrons. The van der Waals surface area contributed by atoms with E-state index in [2.05, 4.69) is 53.4 Å². The van der Waals surface area contributed by atoms with Crippen LogP contribution in [0, 0.1) is 19.8 Å². The monoisotopic (exact) mass is 476 g/mol. The molecule has 0 aliphatic carbocycles. The van der Waals surface area contributed by atoms with Crippen molar-refractivity contribution in [2.24, 2.45) is 10.9 Å². The van der Waals surface area contributed by atoms with Gasteiger partial charge in [0.15, 0.2) is 5.96 Å². The minimum absolute atomic E-state index is 0. The third-order valence-corrected chi connectivity index (χ3v) is 4.80. The predicted molar refractivity (Wildman–Crippen MR) is 116 cm³/mol. The molecule has 0 amide bonds. The zero-order valence-electron chi connectivity index (χ0n) is 15.5. The van der Waals surface area contributed by atoms with Crippen molar-refractivity contribution in [1.29, 1.82) is 0 Å². The van der Waals surface area contributed by atoms with Crippen LogP contribution in [0.3, 0.4) is 0 Å². The number of aryl methyl sites for hydroxylation is 2. The zero-order valence-corrected chi connectivity index (χ0v) is 18.6. The molecule has 2 aromatic rings. The lowest BCUT2D eigenvalue weighted by Gasteiger charge is -2.13. The highest BCUT2D eigenvalue weighted by Gasteiger charge is 2.06. The van der Waals surface area contributed by atoms with E-state index in [1.165, 1.54) is 9.88 Å². The van der Waals surface area contributed by atoms with E-state index in [9.17, 15) is 0 Å². The Morgan fingerprint density at radius 3 is 2.76 bits per heavy atom. The largest absolute Gasteiger partial charge is 0.357 e. The SMILES string of the molecule is CCNC(=NCC(C)Cn1cccn1)NCCc1nc(C)c(C)s1.I. The maximum absolute atomic E-state index is 4.68. The Labute approximate surface area is 171 Å². The number of aliphatic imine (C=N–C) groups is 1. The molecular formula is C17H29IN6S. The third kappa shape index (κ3) is 7.72. The van der Waals surface area contributed by atoms with E-state index in [1.807, 2.05) is 23.1 Å². The number of nitrogens with zero attached hydrogens (tertiary/aromatic N) is 4. The number of thiazole rings is 1. The maximum Gasteiger partial charge on any atom is 0.191 e. The summed E-state index contributed by atoms with van der Waals surface area (Å²) in [5, 5.41) is 12.1. The summed E-state index contributed by atoms with van der Waals surface area (Å²) < 4.78 is 1.95. The van der Waals surface area contributed by atoms with Crippen molar-refractivity contribution < 1.29 is 0 Å². The molecular weight excluding hydrogens is 447 g/mol. The standard InChI is InChI=1S/C17H28N6S.HI/c1-5-18-17(19-9-7-16-22-14(3)15(4)24-16)20-11-13(2)12-23-10-6-8-21-23;/h6,8,10,13H,5,7,9,11-12H2,1-4H3,(H2,18,19,20);1H. The van der Waals surface area contributed by atoms with Crippen molar-refractivity contribution in [3.63, 3.8) is 0 Å². The van der Waals surface area contributed by atoms with Gasteiger partial charge >= 0.3 is 0 Å². The fraction of sp³-hybridized carbons (Fsp3) is 0.588. The lowest BCUT2D eigenvalue weighted by molar-refractivity contribution is 0.458. The van der Waals surface area contributed by atoms with Gasteiger partial charge in [-0.1, -0.05) is 6.92 Å². The van der Waals surface area contributed by atoms with Gasteiger partial charge in [-0.25, -0.2) is 4.98 Å². The van der Waals surface area contributed by atoms with Crippen molar-refractivity contribution >= 4 is 41.3 Å². The molecule has 0 saturated carbocycles. The van der Waals surface area contributed by atoms with Gasteiger partial charge in [0.1, 0.15) is 0 Å². The number of hydrogen-bond donors (Lipinski definition) is 2. The van der Waals surface area contributed by atoms with Gasteiger partial charge in [0.05, 0.1) is 10.7 Å². The van der Waals surface area contributed by atoms with Crippen LogP contribution < -0.4 is 10.6 Å². The Bertz CT molecular complexity index is 618. The first-order valence-corrected chi connectivity index (χ1v) is 9.32. The fourth-order valence-corrected chi connectivity index (χ4v) is 3.24. The van der Waals surface area contributed by atoms with Gasteiger partial charge in [-0.2, -0.15) is 5.10 Å². The van der Waals surface area contributed by atoms with Crippen LogP contribution >= 0.6 is 35.3 Å². The molecule has 0 spiro atoms. The minimum Gasteiger partial charge on any atom is -0.357 e. The molecule has 8 heteroatoms. The summed E-state index contributed by atoms with van der Waals surface area (Å²) in [6.07, 6.45) is 4.72. The van der Waals surface area contributed by atoms with E-state index < -0.39 is 0 Å².